The van der Waals surface area contributed by atoms with Crippen molar-refractivity contribution >= 4 is 22.7 Å². The second-order valence-electron chi connectivity index (χ2n) is 6.36. The van der Waals surface area contributed by atoms with E-state index in [0.717, 1.165) is 48.6 Å². The first-order valence-corrected chi connectivity index (χ1v) is 8.12. The summed E-state index contributed by atoms with van der Waals surface area (Å²) in [6, 6.07) is 4.40. The molecule has 0 unspecified atom stereocenters. The molecule has 124 valence electrons. The second-order valence-corrected chi connectivity index (χ2v) is 6.36. The van der Waals surface area contributed by atoms with Crippen molar-refractivity contribution in [1.29, 1.82) is 0 Å². The molecule has 0 amide bonds. The van der Waals surface area contributed by atoms with E-state index in [0.29, 0.717) is 0 Å². The molecule has 0 bridgehead atoms. The Kier molecular flexibility index (Phi) is 3.57. The molecule has 4 rings (SSSR count). The average Bonchev–Trinajstić information content (AvgIpc) is 3.01. The second kappa shape index (κ2) is 5.76. The van der Waals surface area contributed by atoms with Gasteiger partial charge in [-0.1, -0.05) is 0 Å². The minimum atomic E-state index is 0.267. The number of likely N-dealkylation sites (N-methyl/N-ethyl adjacent to an activating group) is 1. The number of benzene rings is 1. The van der Waals surface area contributed by atoms with Crippen molar-refractivity contribution < 1.29 is 0 Å². The van der Waals surface area contributed by atoms with Crippen LogP contribution in [0.15, 0.2) is 24.5 Å². The lowest BCUT2D eigenvalue weighted by molar-refractivity contribution is 0.313. The third-order valence-electron chi connectivity index (χ3n) is 4.58. The van der Waals surface area contributed by atoms with E-state index in [1.807, 2.05) is 0 Å². The number of nitrogen functional groups attached to an aromatic ring is 1. The number of H-pyrrole nitrogens is 1. The maximum Gasteiger partial charge on any atom is 0.219 e. The van der Waals surface area contributed by atoms with Crippen LogP contribution in [0, 0.1) is 6.92 Å². The summed E-state index contributed by atoms with van der Waals surface area (Å²) in [6.45, 7) is 6.39. The standard InChI is InChI=1S/C17H21N7/c1-11-7-13(24-5-3-23(2)4-6-24)8-14-15(11)22-16(21-14)12-9-19-17(18)20-10-12/h7-10H,3-6H2,1-2H3,(H,21,22)(H2,18,19,20). The van der Waals surface area contributed by atoms with E-state index in [1.165, 1.54) is 11.3 Å². The Labute approximate surface area is 140 Å². The van der Waals surface area contributed by atoms with Crippen LogP contribution in [0.1, 0.15) is 5.56 Å². The highest BCUT2D eigenvalue weighted by atomic mass is 15.2. The number of anilines is 2. The number of aromatic amines is 1. The lowest BCUT2D eigenvalue weighted by atomic mass is 10.1. The highest BCUT2D eigenvalue weighted by Crippen LogP contribution is 2.27. The van der Waals surface area contributed by atoms with E-state index in [4.69, 9.17) is 10.7 Å². The molecule has 0 spiro atoms. The third-order valence-corrected chi connectivity index (χ3v) is 4.58. The van der Waals surface area contributed by atoms with E-state index in [1.54, 1.807) is 12.4 Å². The number of aromatic nitrogens is 4. The quantitative estimate of drug-likeness (QED) is 0.746. The molecule has 1 aliphatic rings. The zero-order chi connectivity index (χ0) is 16.7. The van der Waals surface area contributed by atoms with Gasteiger partial charge in [0, 0.05) is 44.3 Å². The van der Waals surface area contributed by atoms with Gasteiger partial charge in [-0.2, -0.15) is 0 Å². The first-order valence-electron chi connectivity index (χ1n) is 8.12. The molecule has 0 atom stereocenters. The van der Waals surface area contributed by atoms with Crippen molar-refractivity contribution in [3.05, 3.63) is 30.1 Å². The first kappa shape index (κ1) is 14.9. The molecule has 24 heavy (non-hydrogen) atoms. The number of hydrogen-bond donors (Lipinski definition) is 2. The van der Waals surface area contributed by atoms with Crippen molar-refractivity contribution in [2.24, 2.45) is 0 Å². The van der Waals surface area contributed by atoms with Crippen molar-refractivity contribution in [1.82, 2.24) is 24.8 Å². The lowest BCUT2D eigenvalue weighted by Gasteiger charge is -2.34. The molecule has 1 fully saturated rings. The number of nitrogens with two attached hydrogens (primary N) is 1. The largest absolute Gasteiger partial charge is 0.369 e. The Morgan fingerprint density at radius 1 is 1.08 bits per heavy atom. The summed E-state index contributed by atoms with van der Waals surface area (Å²) < 4.78 is 0. The fourth-order valence-electron chi connectivity index (χ4n) is 3.12. The molecule has 0 aliphatic carbocycles. The first-order chi connectivity index (χ1) is 11.6. The van der Waals surface area contributed by atoms with Gasteiger partial charge in [0.15, 0.2) is 0 Å². The minimum Gasteiger partial charge on any atom is -0.369 e. The lowest BCUT2D eigenvalue weighted by Crippen LogP contribution is -2.44. The topological polar surface area (TPSA) is 87.0 Å². The average molecular weight is 323 g/mol. The maximum atomic E-state index is 5.55. The zero-order valence-corrected chi connectivity index (χ0v) is 14.0. The fraction of sp³-hybridized carbons (Fsp3) is 0.353. The van der Waals surface area contributed by atoms with Gasteiger partial charge >= 0.3 is 0 Å². The smallest absolute Gasteiger partial charge is 0.219 e. The predicted molar refractivity (Wildman–Crippen MR) is 96.0 cm³/mol. The van der Waals surface area contributed by atoms with E-state index < -0.39 is 0 Å². The Morgan fingerprint density at radius 3 is 2.50 bits per heavy atom. The number of nitrogens with zero attached hydrogens (tertiary/aromatic N) is 5. The predicted octanol–water partition coefficient (Wildman–Crippen LogP) is 1.66. The van der Waals surface area contributed by atoms with Crippen LogP contribution in [0.3, 0.4) is 0 Å². The van der Waals surface area contributed by atoms with E-state index in [2.05, 4.69) is 50.9 Å². The minimum absolute atomic E-state index is 0.267. The number of nitrogens with one attached hydrogen (secondary N) is 1. The normalized spacial score (nSPS) is 16.0. The van der Waals surface area contributed by atoms with Crippen molar-refractivity contribution in [2.75, 3.05) is 43.9 Å². The van der Waals surface area contributed by atoms with Gasteiger partial charge in [0.25, 0.3) is 0 Å². The van der Waals surface area contributed by atoms with Gasteiger partial charge in [0.05, 0.1) is 16.6 Å². The highest BCUT2D eigenvalue weighted by molar-refractivity contribution is 5.85. The fourth-order valence-corrected chi connectivity index (χ4v) is 3.12. The van der Waals surface area contributed by atoms with Gasteiger partial charge in [-0.3, -0.25) is 0 Å². The van der Waals surface area contributed by atoms with Crippen LogP contribution in [0.2, 0.25) is 0 Å². The number of rotatable bonds is 2. The Hall–Kier alpha value is -2.67. The molecule has 1 aliphatic heterocycles. The molecule has 7 nitrogen and oxygen atoms in total. The monoisotopic (exact) mass is 323 g/mol. The van der Waals surface area contributed by atoms with Gasteiger partial charge in [-0.25, -0.2) is 15.0 Å². The molecule has 0 radical (unpaired) electrons. The van der Waals surface area contributed by atoms with E-state index in [-0.39, 0.29) is 5.95 Å². The van der Waals surface area contributed by atoms with Crippen LogP contribution in [0.5, 0.6) is 0 Å². The molecule has 7 heteroatoms. The number of fused-ring (bicyclic) bond motifs is 1. The Balaban J connectivity index is 1.71. The molecule has 1 aromatic carbocycles. The van der Waals surface area contributed by atoms with Crippen LogP contribution in [0.4, 0.5) is 11.6 Å². The Bertz CT molecular complexity index is 861. The molecule has 0 saturated carbocycles. The van der Waals surface area contributed by atoms with Crippen LogP contribution in [0.25, 0.3) is 22.4 Å². The summed E-state index contributed by atoms with van der Waals surface area (Å²) in [7, 11) is 2.17. The molecular weight excluding hydrogens is 302 g/mol. The number of hydrogen-bond acceptors (Lipinski definition) is 6. The summed E-state index contributed by atoms with van der Waals surface area (Å²) in [5.74, 6) is 1.03. The van der Waals surface area contributed by atoms with Gasteiger partial charge in [-0.15, -0.1) is 0 Å². The van der Waals surface area contributed by atoms with Crippen molar-refractivity contribution in [2.45, 2.75) is 6.92 Å². The molecular formula is C17H21N7. The molecule has 3 aromatic rings. The summed E-state index contributed by atoms with van der Waals surface area (Å²) in [5.41, 5.74) is 10.8. The highest BCUT2D eigenvalue weighted by Gasteiger charge is 2.16. The third kappa shape index (κ3) is 2.67. The molecule has 3 N–H and O–H groups in total. The molecule has 2 aromatic heterocycles. The summed E-state index contributed by atoms with van der Waals surface area (Å²) in [5, 5.41) is 0. The van der Waals surface area contributed by atoms with Crippen LogP contribution in [-0.4, -0.2) is 58.1 Å². The van der Waals surface area contributed by atoms with Crippen LogP contribution in [-0.2, 0) is 0 Å². The van der Waals surface area contributed by atoms with Gasteiger partial charge in [0.2, 0.25) is 5.95 Å². The number of piperazine rings is 1. The molecule has 1 saturated heterocycles. The van der Waals surface area contributed by atoms with Gasteiger partial charge < -0.3 is 20.5 Å². The van der Waals surface area contributed by atoms with Crippen molar-refractivity contribution in [3.63, 3.8) is 0 Å². The Morgan fingerprint density at radius 2 is 1.79 bits per heavy atom. The summed E-state index contributed by atoms with van der Waals surface area (Å²) in [6.07, 6.45) is 3.38. The van der Waals surface area contributed by atoms with Crippen LogP contribution >= 0.6 is 0 Å². The summed E-state index contributed by atoms with van der Waals surface area (Å²) >= 11 is 0. The number of aryl methyl sites for hydroxylation is 1. The van der Waals surface area contributed by atoms with Gasteiger partial charge in [-0.05, 0) is 31.7 Å². The van der Waals surface area contributed by atoms with E-state index >= 15 is 0 Å². The molecule has 3 heterocycles. The maximum absolute atomic E-state index is 5.55. The number of imidazole rings is 1. The summed E-state index contributed by atoms with van der Waals surface area (Å²) in [4.78, 5) is 21.0. The SMILES string of the molecule is Cc1cc(N2CCN(C)CC2)cc2[nH]c(-c3cnc(N)nc3)nc12. The van der Waals surface area contributed by atoms with Crippen molar-refractivity contribution in [3.8, 4) is 11.4 Å². The zero-order valence-electron chi connectivity index (χ0n) is 14.0. The van der Waals surface area contributed by atoms with E-state index in [9.17, 15) is 0 Å². The van der Waals surface area contributed by atoms with Crippen LogP contribution < -0.4 is 10.6 Å². The van der Waals surface area contributed by atoms with Gasteiger partial charge in [0.1, 0.15) is 5.82 Å².